The molecule has 74 heavy (non-hydrogen) atoms. The maximum atomic E-state index is 12.5. The summed E-state index contributed by atoms with van der Waals surface area (Å²) in [5, 5.41) is 0.763. The number of cyclic esters (lactones) is 2. The molecule has 400 valence electrons. The largest absolute Gasteiger partial charge is 0.496 e. The van der Waals surface area contributed by atoms with Gasteiger partial charge in [0.05, 0.1) is 45.6 Å². The molecular formula is C60H82B2BrClN2O8. The molecule has 0 bridgehead atoms. The molecule has 0 amide bonds. The van der Waals surface area contributed by atoms with Gasteiger partial charge in [-0.1, -0.05) is 96.4 Å². The van der Waals surface area contributed by atoms with E-state index in [0.29, 0.717) is 47.3 Å². The number of halogens is 2. The van der Waals surface area contributed by atoms with Gasteiger partial charge < -0.3 is 28.1 Å². The van der Waals surface area contributed by atoms with Gasteiger partial charge in [0.15, 0.2) is 0 Å². The fourth-order valence-corrected chi connectivity index (χ4v) is 14.1. The smallest absolute Gasteiger partial charge is 0.462 e. The zero-order valence-corrected chi connectivity index (χ0v) is 48.5. The van der Waals surface area contributed by atoms with Crippen molar-refractivity contribution in [1.29, 1.82) is 0 Å². The van der Waals surface area contributed by atoms with Gasteiger partial charge in [0.1, 0.15) is 12.2 Å². The van der Waals surface area contributed by atoms with Crippen LogP contribution in [0.15, 0.2) is 77.5 Å². The van der Waals surface area contributed by atoms with E-state index in [4.69, 9.17) is 39.7 Å². The summed E-state index contributed by atoms with van der Waals surface area (Å²) in [5.41, 5.74) is 3.02. The van der Waals surface area contributed by atoms with Crippen LogP contribution in [0.3, 0.4) is 0 Å². The molecule has 4 saturated heterocycles. The Bertz CT molecular complexity index is 2420. The summed E-state index contributed by atoms with van der Waals surface area (Å²) >= 11 is 8.89. The number of rotatable bonds is 5. The van der Waals surface area contributed by atoms with Gasteiger partial charge in [0.2, 0.25) is 0 Å². The summed E-state index contributed by atoms with van der Waals surface area (Å²) in [6.07, 6.45) is 25.2. The second-order valence-electron chi connectivity index (χ2n) is 24.5. The summed E-state index contributed by atoms with van der Waals surface area (Å²) in [6.45, 7) is 24.6. The Balaban J connectivity index is 0.000000151. The molecule has 6 heterocycles. The van der Waals surface area contributed by atoms with Crippen LogP contribution in [0.25, 0.3) is 12.2 Å². The van der Waals surface area contributed by atoms with Crippen molar-refractivity contribution in [3.05, 3.63) is 99.5 Å². The number of allylic oxidation sites excluding steroid dienone is 2. The Kier molecular flexibility index (Phi) is 17.9. The average molecular weight is 1100 g/mol. The molecule has 0 unspecified atom stereocenters. The third-order valence-corrected chi connectivity index (χ3v) is 19.3. The summed E-state index contributed by atoms with van der Waals surface area (Å²) in [6, 6.07) is 15.8. The van der Waals surface area contributed by atoms with E-state index < -0.39 is 7.12 Å². The van der Waals surface area contributed by atoms with Gasteiger partial charge in [-0.2, -0.15) is 0 Å². The molecule has 3 aromatic rings. The number of aromatic nitrogens is 2. The Morgan fingerprint density at radius 2 is 1.09 bits per heavy atom. The molecule has 0 radical (unpaired) electrons. The fraction of sp³-hybridized carbons (Fsp3) is 0.633. The molecule has 1 aromatic carbocycles. The predicted molar refractivity (Wildman–Crippen MR) is 300 cm³/mol. The van der Waals surface area contributed by atoms with Crippen LogP contribution >= 0.6 is 27.5 Å². The molecule has 14 heteroatoms. The third-order valence-electron chi connectivity index (χ3n) is 18.6. The lowest BCUT2D eigenvalue weighted by Crippen LogP contribution is -2.42. The van der Waals surface area contributed by atoms with E-state index in [0.717, 1.165) is 39.2 Å². The van der Waals surface area contributed by atoms with E-state index >= 15 is 0 Å². The summed E-state index contributed by atoms with van der Waals surface area (Å²) in [7, 11) is -0.458. The number of hydrogen-bond acceptors (Lipinski definition) is 10. The van der Waals surface area contributed by atoms with Gasteiger partial charge in [-0.15, -0.1) is 0 Å². The molecule has 10 nitrogen and oxygen atoms in total. The highest BCUT2D eigenvalue weighted by Gasteiger charge is 2.56. The first-order valence-corrected chi connectivity index (χ1v) is 28.9. The first-order chi connectivity index (χ1) is 34.9. The first-order valence-electron chi connectivity index (χ1n) is 27.7. The number of fused-ring (bicyclic) bond motifs is 4. The van der Waals surface area contributed by atoms with E-state index in [-0.39, 0.29) is 65.5 Å². The van der Waals surface area contributed by atoms with Crippen LogP contribution in [-0.4, -0.2) is 70.8 Å². The van der Waals surface area contributed by atoms with E-state index in [1.165, 1.54) is 56.9 Å². The van der Waals surface area contributed by atoms with Crippen LogP contribution in [-0.2, 0) is 37.7 Å². The zero-order valence-electron chi connectivity index (χ0n) is 46.2. The van der Waals surface area contributed by atoms with Gasteiger partial charge in [-0.3, -0.25) is 19.6 Å². The van der Waals surface area contributed by atoms with Crippen molar-refractivity contribution in [2.75, 3.05) is 0 Å². The number of hydrogen-bond donors (Lipinski definition) is 0. The lowest BCUT2D eigenvalue weighted by molar-refractivity contribution is -0.145. The normalized spacial score (nSPS) is 33.9. The third kappa shape index (κ3) is 12.8. The minimum atomic E-state index is -0.393. The number of ether oxygens (including phenoxy) is 2. The van der Waals surface area contributed by atoms with Crippen LogP contribution in [0.4, 0.5) is 0 Å². The van der Waals surface area contributed by atoms with Crippen molar-refractivity contribution in [3.63, 3.8) is 0 Å². The van der Waals surface area contributed by atoms with Gasteiger partial charge in [0.25, 0.3) is 0 Å². The van der Waals surface area contributed by atoms with Gasteiger partial charge in [0, 0.05) is 39.2 Å². The quantitative estimate of drug-likeness (QED) is 0.181. The van der Waals surface area contributed by atoms with Gasteiger partial charge in [-0.25, -0.2) is 0 Å². The number of benzene rings is 1. The van der Waals surface area contributed by atoms with Crippen molar-refractivity contribution >= 4 is 71.3 Å². The van der Waals surface area contributed by atoms with Crippen LogP contribution in [0.2, 0.25) is 11.8 Å². The zero-order chi connectivity index (χ0) is 53.3. The van der Waals surface area contributed by atoms with E-state index in [1.807, 2.05) is 55.6 Å². The molecule has 4 saturated carbocycles. The van der Waals surface area contributed by atoms with E-state index in [9.17, 15) is 9.59 Å². The highest BCUT2D eigenvalue weighted by molar-refractivity contribution is 9.10. The summed E-state index contributed by atoms with van der Waals surface area (Å²) in [4.78, 5) is 34.0. The number of pyridine rings is 2. The molecule has 11 rings (SSSR count). The topological polar surface area (TPSA) is 115 Å². The predicted octanol–water partition coefficient (Wildman–Crippen LogP) is 13.6. The number of carbonyl (C=O) groups excluding carboxylic acids is 2. The number of aryl methyl sites for hydroxylation is 1. The van der Waals surface area contributed by atoms with Gasteiger partial charge in [-0.05, 0) is 192 Å². The number of esters is 2. The second kappa shape index (κ2) is 23.3. The fourth-order valence-electron chi connectivity index (χ4n) is 13.4. The SMILES string of the molecule is CB1OC(C)(C)C(C)(C)O1.C[C@H]1OC(=O)[C@@H]2C[C@@H]3CCCC[C@H]3[C@H](/C=C/c3ccc(B4OC(C)(C)C(C)(C)O4)cn3)[C@H]12.Cc1ccc(/C=C/[C@H]2[C@@H]3CCCC[C@H]3C[C@H]3C(=O)O[C@H](C)[C@@H]23)nc1.Clc1cccc(Br)c1. The summed E-state index contributed by atoms with van der Waals surface area (Å²) in [5.74, 6) is 4.41. The number of nitrogens with zero attached hydrogens (tertiary/aromatic N) is 2. The van der Waals surface area contributed by atoms with Crippen molar-refractivity contribution < 1.29 is 37.7 Å². The standard InChI is InChI=1S/C26H36BNO4.C21H27NO2.C7H15BO2.C6H4BrCl/c1-16-23-21(20-9-7-6-8-17(20)14-22(23)24(29)30-16)13-12-19-11-10-18(15-28-19)27-31-25(2,3)26(4,5)32-27;1-13-7-8-16(22-12-13)9-10-18-17-6-4-3-5-15(17)11-19-20(18)14(2)24-21(19)23;1-6(2)7(3,4)10-8(5)9-6;7-5-2-1-3-6(8)4-5/h10-13,15-17,20-23H,6-9,14H2,1-5H3;7-10,12,14-15,17-20H,3-6,11H2,1-2H3;1-5H3;1-4H/b13-12+;10-9+;;/t16-,17+,20-,21+,22-,23+;14-,15+,17-,18+,19-,20+;;/m11../s1. The van der Waals surface area contributed by atoms with Crippen molar-refractivity contribution in [3.8, 4) is 0 Å². The Morgan fingerprint density at radius 3 is 1.49 bits per heavy atom. The molecule has 12 atom stereocenters. The van der Waals surface area contributed by atoms with Crippen LogP contribution in [0, 0.1) is 66.1 Å². The number of carbonyl (C=O) groups is 2. The molecule has 4 aliphatic heterocycles. The molecule has 8 aliphatic rings. The maximum absolute atomic E-state index is 12.5. The highest BCUT2D eigenvalue weighted by Crippen LogP contribution is 2.55. The molecule has 0 N–H and O–H groups in total. The lowest BCUT2D eigenvalue weighted by Gasteiger charge is -2.45. The highest BCUT2D eigenvalue weighted by atomic mass is 79.9. The van der Waals surface area contributed by atoms with E-state index in [2.05, 4.69) is 138 Å². The Hall–Kier alpha value is -3.32. The van der Waals surface area contributed by atoms with Crippen LogP contribution in [0.1, 0.15) is 150 Å². The van der Waals surface area contributed by atoms with E-state index in [1.54, 1.807) is 0 Å². The minimum absolute atomic E-state index is 0.00346. The van der Waals surface area contributed by atoms with Crippen LogP contribution in [0.5, 0.6) is 0 Å². The van der Waals surface area contributed by atoms with Crippen molar-refractivity contribution in [2.45, 2.75) is 182 Å². The molecule has 2 aromatic heterocycles. The Morgan fingerprint density at radius 1 is 0.635 bits per heavy atom. The molecular weight excluding hydrogens is 1010 g/mol. The molecule has 8 fully saturated rings. The van der Waals surface area contributed by atoms with Crippen LogP contribution < -0.4 is 5.46 Å². The molecule has 4 aliphatic carbocycles. The second-order valence-corrected chi connectivity index (χ2v) is 25.9. The summed E-state index contributed by atoms with van der Waals surface area (Å²) < 4.78 is 35.7. The monoisotopic (exact) mass is 1090 g/mol. The minimum Gasteiger partial charge on any atom is -0.462 e. The average Bonchev–Trinajstić information content (AvgIpc) is 3.95. The molecule has 0 spiro atoms. The van der Waals surface area contributed by atoms with Crippen molar-refractivity contribution in [1.82, 2.24) is 9.97 Å². The van der Waals surface area contributed by atoms with Gasteiger partial charge >= 0.3 is 26.2 Å². The van der Waals surface area contributed by atoms with Crippen molar-refractivity contribution in [2.24, 2.45) is 59.2 Å². The first kappa shape index (κ1) is 56.9. The lowest BCUT2D eigenvalue weighted by atomic mass is 9.57. The Labute approximate surface area is 457 Å². The maximum Gasteiger partial charge on any atom is 0.496 e.